The van der Waals surface area contributed by atoms with E-state index in [9.17, 15) is 9.18 Å². The number of methoxy groups -OCH3 is 1. The molecule has 1 aliphatic heterocycles. The number of amides is 2. The molecule has 2 amide bonds. The Morgan fingerprint density at radius 1 is 1.50 bits per heavy atom. The van der Waals surface area contributed by atoms with Gasteiger partial charge in [-0.3, -0.25) is 0 Å². The van der Waals surface area contributed by atoms with Gasteiger partial charge in [0.25, 0.3) is 0 Å². The lowest BCUT2D eigenvalue weighted by atomic mass is 10.2. The van der Waals surface area contributed by atoms with Gasteiger partial charge in [-0.2, -0.15) is 11.8 Å². The van der Waals surface area contributed by atoms with Crippen molar-refractivity contribution in [2.45, 2.75) is 19.4 Å². The molecule has 0 aliphatic carbocycles. The average molecular weight is 298 g/mol. The van der Waals surface area contributed by atoms with Crippen LogP contribution in [-0.2, 0) is 0 Å². The van der Waals surface area contributed by atoms with E-state index in [1.54, 1.807) is 17.0 Å². The third kappa shape index (κ3) is 3.36. The second kappa shape index (κ2) is 6.83. The van der Waals surface area contributed by atoms with Gasteiger partial charge in [0.1, 0.15) is 11.4 Å². The lowest BCUT2D eigenvalue weighted by Crippen LogP contribution is -2.42. The first-order valence-corrected chi connectivity index (χ1v) is 7.77. The molecule has 2 rings (SSSR count). The van der Waals surface area contributed by atoms with Crippen molar-refractivity contribution < 1.29 is 13.9 Å². The molecule has 1 N–H and O–H groups in total. The van der Waals surface area contributed by atoms with Crippen molar-refractivity contribution in [1.29, 1.82) is 0 Å². The predicted molar refractivity (Wildman–Crippen MR) is 80.1 cm³/mol. The van der Waals surface area contributed by atoms with Gasteiger partial charge < -0.3 is 15.0 Å². The lowest BCUT2D eigenvalue weighted by Gasteiger charge is -2.27. The molecule has 1 heterocycles. The molecule has 1 aliphatic rings. The first kappa shape index (κ1) is 15.0. The Balaban J connectivity index is 2.14. The van der Waals surface area contributed by atoms with Crippen molar-refractivity contribution >= 4 is 23.5 Å². The maximum Gasteiger partial charge on any atom is 0.322 e. The number of urea groups is 1. The van der Waals surface area contributed by atoms with E-state index in [2.05, 4.69) is 5.32 Å². The third-order valence-corrected chi connectivity index (χ3v) is 4.37. The number of rotatable bonds is 2. The van der Waals surface area contributed by atoms with Crippen LogP contribution >= 0.6 is 11.8 Å². The van der Waals surface area contributed by atoms with Crippen LogP contribution in [0.4, 0.5) is 14.9 Å². The second-order valence-electron chi connectivity index (χ2n) is 4.69. The zero-order valence-electron chi connectivity index (χ0n) is 11.7. The van der Waals surface area contributed by atoms with Crippen molar-refractivity contribution in [2.75, 3.05) is 30.5 Å². The Morgan fingerprint density at radius 3 is 3.05 bits per heavy atom. The number of hydrogen-bond donors (Lipinski definition) is 1. The van der Waals surface area contributed by atoms with Crippen LogP contribution in [0.3, 0.4) is 0 Å². The lowest BCUT2D eigenvalue weighted by molar-refractivity contribution is 0.196. The normalized spacial score (nSPS) is 19.4. The number of benzene rings is 1. The number of carbonyl (C=O) groups excluding carboxylic acids is 1. The zero-order chi connectivity index (χ0) is 14.5. The van der Waals surface area contributed by atoms with Crippen molar-refractivity contribution in [1.82, 2.24) is 4.90 Å². The molecule has 0 unspecified atom stereocenters. The smallest absolute Gasteiger partial charge is 0.322 e. The highest BCUT2D eigenvalue weighted by molar-refractivity contribution is 7.99. The highest BCUT2D eigenvalue weighted by Crippen LogP contribution is 2.28. The molecule has 20 heavy (non-hydrogen) atoms. The Bertz CT molecular complexity index is 484. The molecule has 6 heteroatoms. The van der Waals surface area contributed by atoms with E-state index in [0.29, 0.717) is 12.3 Å². The molecule has 1 atom stereocenters. The van der Waals surface area contributed by atoms with Crippen LogP contribution < -0.4 is 10.1 Å². The minimum absolute atomic E-state index is 0.101. The van der Waals surface area contributed by atoms with Gasteiger partial charge in [-0.15, -0.1) is 0 Å². The minimum Gasteiger partial charge on any atom is -0.494 e. The fourth-order valence-electron chi connectivity index (χ4n) is 2.17. The Kier molecular flexibility index (Phi) is 5.11. The Hall–Kier alpha value is -1.43. The molecular weight excluding hydrogens is 279 g/mol. The van der Waals surface area contributed by atoms with Crippen LogP contribution in [0.5, 0.6) is 5.75 Å². The summed E-state index contributed by atoms with van der Waals surface area (Å²) in [7, 11) is 1.45. The molecule has 110 valence electrons. The van der Waals surface area contributed by atoms with E-state index in [-0.39, 0.29) is 17.8 Å². The van der Waals surface area contributed by atoms with Gasteiger partial charge in [0, 0.05) is 18.3 Å². The van der Waals surface area contributed by atoms with Gasteiger partial charge in [0.05, 0.1) is 7.11 Å². The molecule has 1 aromatic carbocycles. The summed E-state index contributed by atoms with van der Waals surface area (Å²) in [6.45, 7) is 2.69. The van der Waals surface area contributed by atoms with Crippen molar-refractivity contribution in [2.24, 2.45) is 0 Å². The van der Waals surface area contributed by atoms with E-state index in [0.717, 1.165) is 17.9 Å². The minimum atomic E-state index is -0.491. The first-order chi connectivity index (χ1) is 9.63. The number of nitrogens with zero attached hydrogens (tertiary/aromatic N) is 1. The molecule has 0 saturated carbocycles. The topological polar surface area (TPSA) is 41.6 Å². The summed E-state index contributed by atoms with van der Waals surface area (Å²) in [5.74, 6) is 1.80. The monoisotopic (exact) mass is 298 g/mol. The summed E-state index contributed by atoms with van der Waals surface area (Å²) < 4.78 is 18.9. The number of para-hydroxylation sites is 1. The maximum absolute atomic E-state index is 13.8. The molecule has 0 radical (unpaired) electrons. The van der Waals surface area contributed by atoms with Crippen LogP contribution in [0.1, 0.15) is 13.3 Å². The maximum atomic E-state index is 13.8. The summed E-state index contributed by atoms with van der Waals surface area (Å²) in [6.07, 6.45) is 0.951. The highest BCUT2D eigenvalue weighted by Gasteiger charge is 2.23. The number of thioether (sulfide) groups is 1. The van der Waals surface area contributed by atoms with Gasteiger partial charge in [-0.05, 0) is 31.2 Å². The van der Waals surface area contributed by atoms with E-state index in [4.69, 9.17) is 4.74 Å². The van der Waals surface area contributed by atoms with Crippen LogP contribution in [0.25, 0.3) is 0 Å². The zero-order valence-corrected chi connectivity index (χ0v) is 12.5. The number of ether oxygens (including phenoxy) is 1. The van der Waals surface area contributed by atoms with Crippen LogP contribution in [0.2, 0.25) is 0 Å². The SMILES string of the molecule is COc1cccc(F)c1NC(=O)N1CCSCC[C@@H]1C. The van der Waals surface area contributed by atoms with Gasteiger partial charge in [-0.1, -0.05) is 6.07 Å². The van der Waals surface area contributed by atoms with E-state index in [1.807, 2.05) is 18.7 Å². The summed E-state index contributed by atoms with van der Waals surface area (Å²) in [4.78, 5) is 14.1. The van der Waals surface area contributed by atoms with Crippen molar-refractivity contribution in [3.8, 4) is 5.75 Å². The fourth-order valence-corrected chi connectivity index (χ4v) is 3.21. The summed E-state index contributed by atoms with van der Waals surface area (Å²) in [5.41, 5.74) is 0.101. The molecule has 0 bridgehead atoms. The number of hydrogen-bond acceptors (Lipinski definition) is 3. The fraction of sp³-hybridized carbons (Fsp3) is 0.500. The van der Waals surface area contributed by atoms with Crippen LogP contribution in [0.15, 0.2) is 18.2 Å². The molecule has 4 nitrogen and oxygen atoms in total. The largest absolute Gasteiger partial charge is 0.494 e. The van der Waals surface area contributed by atoms with Crippen LogP contribution in [-0.4, -0.2) is 42.1 Å². The average Bonchev–Trinajstić information content (AvgIpc) is 2.65. The number of nitrogens with one attached hydrogen (secondary N) is 1. The first-order valence-electron chi connectivity index (χ1n) is 6.61. The van der Waals surface area contributed by atoms with E-state index in [1.165, 1.54) is 13.2 Å². The van der Waals surface area contributed by atoms with Crippen LogP contribution in [0, 0.1) is 5.82 Å². The number of carbonyl (C=O) groups is 1. The van der Waals surface area contributed by atoms with E-state index >= 15 is 0 Å². The van der Waals surface area contributed by atoms with Gasteiger partial charge >= 0.3 is 6.03 Å². The summed E-state index contributed by atoms with van der Waals surface area (Å²) >= 11 is 1.84. The summed E-state index contributed by atoms with van der Waals surface area (Å²) in [5, 5.41) is 2.64. The molecule has 0 aromatic heterocycles. The van der Waals surface area contributed by atoms with E-state index < -0.39 is 5.82 Å². The molecule has 1 fully saturated rings. The second-order valence-corrected chi connectivity index (χ2v) is 5.92. The molecule has 1 aromatic rings. The summed E-state index contributed by atoms with van der Waals surface area (Å²) in [6, 6.07) is 4.36. The van der Waals surface area contributed by atoms with Crippen molar-refractivity contribution in [3.05, 3.63) is 24.0 Å². The quantitative estimate of drug-likeness (QED) is 0.911. The van der Waals surface area contributed by atoms with Crippen molar-refractivity contribution in [3.63, 3.8) is 0 Å². The molecular formula is C14H19FN2O2S. The number of anilines is 1. The molecule has 0 spiro atoms. The standard InChI is InChI=1S/C14H19FN2O2S/c1-10-6-8-20-9-7-17(10)14(18)16-13-11(15)4-3-5-12(13)19-2/h3-5,10H,6-9H2,1-2H3,(H,16,18)/t10-/m0/s1. The number of halogens is 1. The predicted octanol–water partition coefficient (Wildman–Crippen LogP) is 3.19. The highest BCUT2D eigenvalue weighted by atomic mass is 32.2. The Morgan fingerprint density at radius 2 is 2.30 bits per heavy atom. The molecule has 1 saturated heterocycles. The van der Waals surface area contributed by atoms with Gasteiger partial charge in [0.15, 0.2) is 5.82 Å². The van der Waals surface area contributed by atoms with Gasteiger partial charge in [-0.25, -0.2) is 9.18 Å². The third-order valence-electron chi connectivity index (χ3n) is 3.38. The van der Waals surface area contributed by atoms with Gasteiger partial charge in [0.2, 0.25) is 0 Å². The Labute approximate surface area is 122 Å².